The number of nitrogens with zero attached hydrogens (tertiary/aromatic N) is 1. The molecular formula is C16H18ClFN2S. The smallest absolute Gasteiger partial charge is 0.125 e. The monoisotopic (exact) mass is 324 g/mol. The number of anilines is 1. The molecule has 0 saturated carbocycles. The van der Waals surface area contributed by atoms with Gasteiger partial charge in [-0.1, -0.05) is 24.6 Å². The Morgan fingerprint density at radius 2 is 2.19 bits per heavy atom. The van der Waals surface area contributed by atoms with E-state index in [9.17, 15) is 4.39 Å². The molecule has 112 valence electrons. The van der Waals surface area contributed by atoms with Crippen LogP contribution in [0, 0.1) is 5.82 Å². The van der Waals surface area contributed by atoms with Crippen molar-refractivity contribution in [2.24, 2.45) is 5.73 Å². The highest BCUT2D eigenvalue weighted by Crippen LogP contribution is 2.40. The van der Waals surface area contributed by atoms with Gasteiger partial charge in [0.15, 0.2) is 0 Å². The molecule has 2 aromatic rings. The van der Waals surface area contributed by atoms with E-state index in [1.165, 1.54) is 11.6 Å². The Bertz CT molecular complexity index is 643. The second kappa shape index (κ2) is 5.95. The van der Waals surface area contributed by atoms with E-state index in [0.29, 0.717) is 0 Å². The largest absolute Gasteiger partial charge is 0.361 e. The fraction of sp³-hybridized carbons (Fsp3) is 0.375. The molecule has 21 heavy (non-hydrogen) atoms. The Hall–Kier alpha value is -1.10. The van der Waals surface area contributed by atoms with E-state index in [1.54, 1.807) is 17.4 Å². The maximum Gasteiger partial charge on any atom is 0.125 e. The first-order valence-corrected chi connectivity index (χ1v) is 8.35. The van der Waals surface area contributed by atoms with E-state index in [0.717, 1.165) is 34.3 Å². The summed E-state index contributed by atoms with van der Waals surface area (Å²) >= 11 is 7.64. The molecule has 1 aliphatic heterocycles. The van der Waals surface area contributed by atoms with E-state index in [2.05, 4.69) is 11.8 Å². The summed E-state index contributed by atoms with van der Waals surface area (Å²) in [5.41, 5.74) is 8.52. The van der Waals surface area contributed by atoms with Crippen LogP contribution in [0.15, 0.2) is 30.3 Å². The molecule has 0 saturated heterocycles. The molecule has 0 spiro atoms. The molecule has 2 heterocycles. The number of fused-ring (bicyclic) bond motifs is 1. The van der Waals surface area contributed by atoms with Gasteiger partial charge in [-0.2, -0.15) is 0 Å². The van der Waals surface area contributed by atoms with E-state index < -0.39 is 0 Å². The first kappa shape index (κ1) is 14.8. The molecule has 1 aliphatic rings. The minimum atomic E-state index is -0.200. The Balaban J connectivity index is 2.01. The maximum atomic E-state index is 13.6. The Kier molecular flexibility index (Phi) is 4.20. The average molecular weight is 325 g/mol. The Morgan fingerprint density at radius 3 is 2.86 bits per heavy atom. The lowest BCUT2D eigenvalue weighted by Gasteiger charge is -2.33. The van der Waals surface area contributed by atoms with Crippen LogP contribution in [0.3, 0.4) is 0 Å². The predicted molar refractivity (Wildman–Crippen MR) is 87.8 cm³/mol. The molecule has 0 aliphatic carbocycles. The van der Waals surface area contributed by atoms with Crippen molar-refractivity contribution in [2.45, 2.75) is 31.8 Å². The molecule has 2 nitrogen and oxygen atoms in total. The van der Waals surface area contributed by atoms with E-state index in [-0.39, 0.29) is 17.9 Å². The van der Waals surface area contributed by atoms with Gasteiger partial charge in [0.05, 0.1) is 10.4 Å². The third-order valence-corrected chi connectivity index (χ3v) is 5.38. The van der Waals surface area contributed by atoms with Crippen LogP contribution in [0.4, 0.5) is 10.1 Å². The number of nitrogens with two attached hydrogens (primary N) is 1. The zero-order valence-electron chi connectivity index (χ0n) is 11.9. The van der Waals surface area contributed by atoms with Crippen LogP contribution in [0.5, 0.6) is 0 Å². The molecule has 2 atom stereocenters. The van der Waals surface area contributed by atoms with E-state index >= 15 is 0 Å². The van der Waals surface area contributed by atoms with Crippen LogP contribution in [0.25, 0.3) is 0 Å². The van der Waals surface area contributed by atoms with Gasteiger partial charge in [-0.05, 0) is 42.7 Å². The molecule has 1 aromatic carbocycles. The van der Waals surface area contributed by atoms with Crippen molar-refractivity contribution in [1.29, 1.82) is 0 Å². The number of halogens is 2. The van der Waals surface area contributed by atoms with Gasteiger partial charge in [0.1, 0.15) is 5.82 Å². The van der Waals surface area contributed by atoms with Crippen molar-refractivity contribution in [3.8, 4) is 0 Å². The van der Waals surface area contributed by atoms with Crippen molar-refractivity contribution in [1.82, 2.24) is 0 Å². The molecule has 2 unspecified atom stereocenters. The first-order valence-electron chi connectivity index (χ1n) is 7.16. The molecule has 0 bridgehead atoms. The number of hydrogen-bond acceptors (Lipinski definition) is 3. The van der Waals surface area contributed by atoms with Crippen molar-refractivity contribution in [3.63, 3.8) is 0 Å². The average Bonchev–Trinajstić information content (AvgIpc) is 3.06. The molecule has 5 heteroatoms. The highest BCUT2D eigenvalue weighted by Gasteiger charge is 2.32. The lowest BCUT2D eigenvalue weighted by Crippen LogP contribution is -2.39. The molecule has 0 radical (unpaired) electrons. The van der Waals surface area contributed by atoms with E-state index in [4.69, 9.17) is 17.3 Å². The highest BCUT2D eigenvalue weighted by molar-refractivity contribution is 7.16. The second-order valence-corrected chi connectivity index (χ2v) is 7.12. The van der Waals surface area contributed by atoms with Gasteiger partial charge < -0.3 is 10.6 Å². The van der Waals surface area contributed by atoms with Gasteiger partial charge in [0.2, 0.25) is 0 Å². The van der Waals surface area contributed by atoms with Gasteiger partial charge in [-0.25, -0.2) is 4.39 Å². The van der Waals surface area contributed by atoms with Crippen molar-refractivity contribution < 1.29 is 4.39 Å². The van der Waals surface area contributed by atoms with Crippen molar-refractivity contribution in [3.05, 3.63) is 50.9 Å². The number of rotatable bonds is 4. The number of hydrogen-bond donors (Lipinski definition) is 1. The van der Waals surface area contributed by atoms with Crippen molar-refractivity contribution in [2.75, 3.05) is 11.4 Å². The quantitative estimate of drug-likeness (QED) is 0.904. The van der Waals surface area contributed by atoms with Gasteiger partial charge in [0.25, 0.3) is 0 Å². The summed E-state index contributed by atoms with van der Waals surface area (Å²) < 4.78 is 14.4. The Morgan fingerprint density at radius 1 is 1.38 bits per heavy atom. The second-order valence-electron chi connectivity index (χ2n) is 5.38. The Labute approximate surface area is 133 Å². The molecule has 0 fully saturated rings. The standard InChI is InChI=1S/C16H18ClFN2S/c1-2-12(19)16(14-5-6-15(17)21-14)20-8-7-10-3-4-11(18)9-13(10)20/h3-6,9,12,16H,2,7-8,19H2,1H3. The summed E-state index contributed by atoms with van der Waals surface area (Å²) in [5, 5.41) is 0. The lowest BCUT2D eigenvalue weighted by molar-refractivity contribution is 0.503. The molecule has 1 aromatic heterocycles. The van der Waals surface area contributed by atoms with Crippen LogP contribution < -0.4 is 10.6 Å². The summed E-state index contributed by atoms with van der Waals surface area (Å²) in [4.78, 5) is 3.38. The summed E-state index contributed by atoms with van der Waals surface area (Å²) in [7, 11) is 0. The van der Waals surface area contributed by atoms with Gasteiger partial charge in [-0.3, -0.25) is 0 Å². The normalized spacial score (nSPS) is 16.9. The highest BCUT2D eigenvalue weighted by atomic mass is 35.5. The number of thiophene rings is 1. The van der Waals surface area contributed by atoms with Gasteiger partial charge in [-0.15, -0.1) is 11.3 Å². The first-order chi connectivity index (χ1) is 10.1. The SMILES string of the molecule is CCC(N)C(c1ccc(Cl)s1)N1CCc2ccc(F)cc21. The predicted octanol–water partition coefficient (Wildman–Crippen LogP) is 4.38. The minimum absolute atomic E-state index is 0.00562. The number of benzene rings is 1. The van der Waals surface area contributed by atoms with Crippen LogP contribution in [-0.4, -0.2) is 12.6 Å². The zero-order valence-corrected chi connectivity index (χ0v) is 13.4. The fourth-order valence-electron chi connectivity index (χ4n) is 2.97. The van der Waals surface area contributed by atoms with Crippen molar-refractivity contribution >= 4 is 28.6 Å². The summed E-state index contributed by atoms with van der Waals surface area (Å²) in [6.07, 6.45) is 1.79. The third-order valence-electron chi connectivity index (χ3n) is 4.08. The third kappa shape index (κ3) is 2.80. The van der Waals surface area contributed by atoms with Crippen LogP contribution in [-0.2, 0) is 6.42 Å². The fourth-order valence-corrected chi connectivity index (χ4v) is 4.22. The summed E-state index contributed by atoms with van der Waals surface area (Å²) in [5.74, 6) is -0.200. The van der Waals surface area contributed by atoms with Crippen LogP contribution in [0.2, 0.25) is 4.34 Å². The van der Waals surface area contributed by atoms with Crippen LogP contribution >= 0.6 is 22.9 Å². The van der Waals surface area contributed by atoms with E-state index in [1.807, 2.05) is 18.2 Å². The van der Waals surface area contributed by atoms with Crippen LogP contribution in [0.1, 0.15) is 29.8 Å². The molecule has 3 rings (SSSR count). The summed E-state index contributed by atoms with van der Waals surface area (Å²) in [6, 6.07) is 9.00. The lowest BCUT2D eigenvalue weighted by atomic mass is 10.0. The minimum Gasteiger partial charge on any atom is -0.361 e. The van der Waals surface area contributed by atoms with Gasteiger partial charge >= 0.3 is 0 Å². The molecule has 2 N–H and O–H groups in total. The molecule has 0 amide bonds. The topological polar surface area (TPSA) is 29.3 Å². The summed E-state index contributed by atoms with van der Waals surface area (Å²) in [6.45, 7) is 2.95. The molecular weight excluding hydrogens is 307 g/mol. The zero-order chi connectivity index (χ0) is 15.0. The van der Waals surface area contributed by atoms with Gasteiger partial charge in [0, 0.05) is 23.2 Å². The maximum absolute atomic E-state index is 13.6.